The summed E-state index contributed by atoms with van der Waals surface area (Å²) in [6, 6.07) is 10.5. The third kappa shape index (κ3) is 4.73. The number of nitrogens with one attached hydrogen (secondary N) is 1. The van der Waals surface area contributed by atoms with E-state index in [1.165, 1.54) is 23.1 Å². The summed E-state index contributed by atoms with van der Waals surface area (Å²) in [6.45, 7) is 0.254. The number of carbonyl (C=O) groups excluding carboxylic acids is 1. The number of nitrogens with zero attached hydrogens (tertiary/aromatic N) is 2. The Hall–Kier alpha value is -1.54. The number of halogens is 2. The van der Waals surface area contributed by atoms with Crippen molar-refractivity contribution in [2.45, 2.75) is 11.8 Å². The fourth-order valence-electron chi connectivity index (χ4n) is 1.75. The van der Waals surface area contributed by atoms with Crippen molar-refractivity contribution < 1.29 is 9.53 Å². The number of benzene rings is 1. The second-order valence-electron chi connectivity index (χ2n) is 4.62. The Labute approximate surface area is 156 Å². The van der Waals surface area contributed by atoms with Gasteiger partial charge in [0.25, 0.3) is 0 Å². The first-order valence-electron chi connectivity index (χ1n) is 6.81. The molecule has 2 heterocycles. The van der Waals surface area contributed by atoms with Gasteiger partial charge in [-0.2, -0.15) is 0 Å². The Bertz CT molecular complexity index is 833. The van der Waals surface area contributed by atoms with Crippen molar-refractivity contribution in [3.8, 4) is 5.75 Å². The second kappa shape index (κ2) is 8.02. The van der Waals surface area contributed by atoms with Crippen molar-refractivity contribution in [3.05, 3.63) is 56.5 Å². The largest absolute Gasteiger partial charge is 0.486 e. The smallest absolute Gasteiger partial charge is 0.208 e. The lowest BCUT2D eigenvalue weighted by molar-refractivity contribution is 0.102. The van der Waals surface area contributed by atoms with Gasteiger partial charge in [-0.15, -0.1) is 16.4 Å². The van der Waals surface area contributed by atoms with Crippen molar-refractivity contribution in [2.75, 3.05) is 5.75 Å². The third-order valence-corrected chi connectivity index (χ3v) is 5.25. The lowest BCUT2D eigenvalue weighted by Crippen LogP contribution is -2.00. The predicted molar refractivity (Wildman–Crippen MR) is 96.6 cm³/mol. The summed E-state index contributed by atoms with van der Waals surface area (Å²) in [5.41, 5.74) is 0. The van der Waals surface area contributed by atoms with Crippen LogP contribution in [0.15, 0.2) is 41.6 Å². The zero-order valence-electron chi connectivity index (χ0n) is 12.2. The minimum absolute atomic E-state index is 0.000615. The molecule has 0 aliphatic carbocycles. The number of ether oxygens (including phenoxy) is 1. The van der Waals surface area contributed by atoms with Crippen LogP contribution in [0.3, 0.4) is 0 Å². The van der Waals surface area contributed by atoms with Crippen LogP contribution in [-0.2, 0) is 6.61 Å². The van der Waals surface area contributed by atoms with Gasteiger partial charge in [-0.3, -0.25) is 9.89 Å². The summed E-state index contributed by atoms with van der Waals surface area (Å²) < 4.78 is 6.18. The number of ketones is 1. The van der Waals surface area contributed by atoms with Gasteiger partial charge in [0, 0.05) is 5.02 Å². The number of rotatable bonds is 7. The van der Waals surface area contributed by atoms with E-state index in [2.05, 4.69) is 15.2 Å². The normalized spacial score (nSPS) is 10.8. The fourth-order valence-corrected chi connectivity index (χ4v) is 3.65. The van der Waals surface area contributed by atoms with Crippen molar-refractivity contribution >= 4 is 52.1 Å². The minimum Gasteiger partial charge on any atom is -0.486 e. The summed E-state index contributed by atoms with van der Waals surface area (Å²) in [4.78, 5) is 16.9. The number of thiophene rings is 1. The summed E-state index contributed by atoms with van der Waals surface area (Å²) in [7, 11) is 0. The van der Waals surface area contributed by atoms with Gasteiger partial charge in [-0.25, -0.2) is 4.98 Å². The lowest BCUT2D eigenvalue weighted by atomic mass is 10.3. The molecule has 3 aromatic rings. The molecule has 0 aliphatic rings. The molecule has 1 N–H and O–H groups in total. The number of carbonyl (C=O) groups is 1. The number of hydrogen-bond acceptors (Lipinski definition) is 6. The Morgan fingerprint density at radius 3 is 2.71 bits per heavy atom. The predicted octanol–water partition coefficient (Wildman–Crippen LogP) is 4.73. The van der Waals surface area contributed by atoms with Crippen LogP contribution in [0, 0.1) is 0 Å². The number of thioether (sulfide) groups is 1. The molecule has 0 fully saturated rings. The van der Waals surface area contributed by atoms with E-state index >= 15 is 0 Å². The molecule has 0 unspecified atom stereocenters. The zero-order valence-corrected chi connectivity index (χ0v) is 15.3. The van der Waals surface area contributed by atoms with Gasteiger partial charge in [0.15, 0.2) is 11.6 Å². The van der Waals surface area contributed by atoms with E-state index in [-0.39, 0.29) is 18.1 Å². The van der Waals surface area contributed by atoms with E-state index in [0.29, 0.717) is 31.0 Å². The SMILES string of the molecule is O=C(CSc1n[nH]c(COc2ccc(Cl)cc2)n1)c1ccc(Cl)s1. The molecule has 0 aliphatic heterocycles. The standard InChI is InChI=1S/C15H11Cl2N3O2S2/c16-9-1-3-10(4-2-9)22-7-14-18-15(20-19-14)23-8-11(21)12-5-6-13(17)24-12/h1-6H,7-8H2,(H,18,19,20). The maximum absolute atomic E-state index is 12.0. The summed E-state index contributed by atoms with van der Waals surface area (Å²) in [5, 5.41) is 8.01. The first-order chi connectivity index (χ1) is 11.6. The zero-order chi connectivity index (χ0) is 16.9. The fraction of sp³-hybridized carbons (Fsp3) is 0.133. The first-order valence-corrected chi connectivity index (χ1v) is 9.37. The molecule has 24 heavy (non-hydrogen) atoms. The molecular formula is C15H11Cl2N3O2S2. The van der Waals surface area contributed by atoms with E-state index in [9.17, 15) is 4.79 Å². The van der Waals surface area contributed by atoms with Crippen LogP contribution in [0.2, 0.25) is 9.36 Å². The average Bonchev–Trinajstić information content (AvgIpc) is 3.21. The highest BCUT2D eigenvalue weighted by molar-refractivity contribution is 7.99. The van der Waals surface area contributed by atoms with Crippen LogP contribution >= 0.6 is 46.3 Å². The van der Waals surface area contributed by atoms with Crippen LogP contribution in [0.1, 0.15) is 15.5 Å². The van der Waals surface area contributed by atoms with Gasteiger partial charge in [-0.05, 0) is 36.4 Å². The summed E-state index contributed by atoms with van der Waals surface area (Å²) in [5.74, 6) is 1.53. The van der Waals surface area contributed by atoms with Crippen LogP contribution in [0.4, 0.5) is 0 Å². The number of H-pyrrole nitrogens is 1. The molecule has 0 bridgehead atoms. The molecule has 0 saturated carbocycles. The lowest BCUT2D eigenvalue weighted by Gasteiger charge is -2.03. The van der Waals surface area contributed by atoms with Crippen LogP contribution in [0.25, 0.3) is 0 Å². The second-order valence-corrected chi connectivity index (χ2v) is 7.72. The molecule has 5 nitrogen and oxygen atoms in total. The molecule has 2 aromatic heterocycles. The quantitative estimate of drug-likeness (QED) is 0.459. The number of hydrogen-bond donors (Lipinski definition) is 1. The maximum Gasteiger partial charge on any atom is 0.208 e. The molecular weight excluding hydrogens is 389 g/mol. The average molecular weight is 400 g/mol. The molecule has 0 amide bonds. The first kappa shape index (κ1) is 17.3. The monoisotopic (exact) mass is 399 g/mol. The number of aromatic nitrogens is 3. The van der Waals surface area contributed by atoms with E-state index in [0.717, 1.165) is 0 Å². The van der Waals surface area contributed by atoms with E-state index in [4.69, 9.17) is 27.9 Å². The third-order valence-electron chi connectivity index (χ3n) is 2.88. The molecule has 0 atom stereocenters. The van der Waals surface area contributed by atoms with Crippen molar-refractivity contribution in [1.82, 2.24) is 15.2 Å². The Kier molecular flexibility index (Phi) is 5.78. The van der Waals surface area contributed by atoms with E-state index in [1.54, 1.807) is 36.4 Å². The van der Waals surface area contributed by atoms with Crippen molar-refractivity contribution in [1.29, 1.82) is 0 Å². The summed E-state index contributed by atoms with van der Waals surface area (Å²) >= 11 is 14.2. The van der Waals surface area contributed by atoms with Crippen molar-refractivity contribution in [2.24, 2.45) is 0 Å². The van der Waals surface area contributed by atoms with E-state index < -0.39 is 0 Å². The van der Waals surface area contributed by atoms with Gasteiger partial charge in [0.1, 0.15) is 12.4 Å². The highest BCUT2D eigenvalue weighted by atomic mass is 35.5. The molecule has 9 heteroatoms. The maximum atomic E-state index is 12.0. The van der Waals surface area contributed by atoms with Gasteiger partial charge in [0.05, 0.1) is 15.0 Å². The number of Topliss-reactive ketones (excluding diaryl/α,β-unsaturated/α-hetero) is 1. The molecule has 3 rings (SSSR count). The van der Waals surface area contributed by atoms with E-state index in [1.807, 2.05) is 0 Å². The molecule has 0 radical (unpaired) electrons. The van der Waals surface area contributed by atoms with Crippen LogP contribution in [0.5, 0.6) is 5.75 Å². The van der Waals surface area contributed by atoms with Crippen LogP contribution < -0.4 is 4.74 Å². The minimum atomic E-state index is 0.000615. The Morgan fingerprint density at radius 1 is 1.21 bits per heavy atom. The molecule has 124 valence electrons. The molecule has 0 saturated heterocycles. The molecule has 1 aromatic carbocycles. The van der Waals surface area contributed by atoms with Gasteiger partial charge in [-0.1, -0.05) is 35.0 Å². The number of aromatic amines is 1. The van der Waals surface area contributed by atoms with Gasteiger partial charge >= 0.3 is 0 Å². The van der Waals surface area contributed by atoms with Crippen molar-refractivity contribution in [3.63, 3.8) is 0 Å². The van der Waals surface area contributed by atoms with Gasteiger partial charge in [0.2, 0.25) is 5.16 Å². The topological polar surface area (TPSA) is 67.9 Å². The highest BCUT2D eigenvalue weighted by Gasteiger charge is 2.12. The Morgan fingerprint density at radius 2 is 2.00 bits per heavy atom. The van der Waals surface area contributed by atoms with Crippen LogP contribution in [-0.4, -0.2) is 26.7 Å². The van der Waals surface area contributed by atoms with Gasteiger partial charge < -0.3 is 4.74 Å². The molecule has 0 spiro atoms. The summed E-state index contributed by atoms with van der Waals surface area (Å²) in [6.07, 6.45) is 0. The highest BCUT2D eigenvalue weighted by Crippen LogP contribution is 2.24. The Balaban J connectivity index is 1.50.